The van der Waals surface area contributed by atoms with Gasteiger partial charge in [0.15, 0.2) is 0 Å². The molecule has 0 aliphatic carbocycles. The van der Waals surface area contributed by atoms with E-state index in [9.17, 15) is 9.18 Å². The Morgan fingerprint density at radius 2 is 1.91 bits per heavy atom. The Kier molecular flexibility index (Phi) is 4.57. The summed E-state index contributed by atoms with van der Waals surface area (Å²) in [4.78, 5) is 11.2. The smallest absolute Gasteiger partial charge is 0.234 e. The molecule has 23 heavy (non-hydrogen) atoms. The second-order valence-corrected chi connectivity index (χ2v) is 5.70. The summed E-state index contributed by atoms with van der Waals surface area (Å²) in [6.07, 6.45) is 1.63. The molecule has 1 aliphatic rings. The number of amides is 1. The van der Waals surface area contributed by atoms with Crippen LogP contribution in [0.15, 0.2) is 48.5 Å². The third-order valence-electron chi connectivity index (χ3n) is 4.12. The van der Waals surface area contributed by atoms with Crippen molar-refractivity contribution in [3.05, 3.63) is 65.5 Å². The standard InChI is InChI=1S/C18H19FN2O2/c19-15-4-2-1-3-13(15)11-23-14-7-5-12(6-8-14)16-9-10-17(21-16)18(20)22/h1-8,16-17,21H,9-11H2,(H2,20,22). The zero-order chi connectivity index (χ0) is 16.2. The van der Waals surface area contributed by atoms with Gasteiger partial charge in [0.2, 0.25) is 5.91 Å². The van der Waals surface area contributed by atoms with Crippen LogP contribution in [0.4, 0.5) is 4.39 Å². The molecule has 1 amide bonds. The molecule has 3 rings (SSSR count). The van der Waals surface area contributed by atoms with Gasteiger partial charge in [-0.15, -0.1) is 0 Å². The van der Waals surface area contributed by atoms with E-state index in [-0.39, 0.29) is 30.4 Å². The number of rotatable bonds is 5. The van der Waals surface area contributed by atoms with Crippen LogP contribution in [0.25, 0.3) is 0 Å². The minimum absolute atomic E-state index is 0.133. The number of nitrogens with two attached hydrogens (primary N) is 1. The van der Waals surface area contributed by atoms with E-state index in [2.05, 4.69) is 5.32 Å². The maximum Gasteiger partial charge on any atom is 0.234 e. The number of nitrogens with one attached hydrogen (secondary N) is 1. The lowest BCUT2D eigenvalue weighted by atomic mass is 10.1. The van der Waals surface area contributed by atoms with Crippen LogP contribution in [-0.2, 0) is 11.4 Å². The Balaban J connectivity index is 1.59. The highest BCUT2D eigenvalue weighted by atomic mass is 19.1. The van der Waals surface area contributed by atoms with Gasteiger partial charge >= 0.3 is 0 Å². The van der Waals surface area contributed by atoms with Crippen LogP contribution in [0.2, 0.25) is 0 Å². The van der Waals surface area contributed by atoms with Gasteiger partial charge in [0.05, 0.1) is 6.04 Å². The third-order valence-corrected chi connectivity index (χ3v) is 4.12. The summed E-state index contributed by atoms with van der Waals surface area (Å²) in [6, 6.07) is 14.1. The summed E-state index contributed by atoms with van der Waals surface area (Å²) in [6.45, 7) is 0.192. The van der Waals surface area contributed by atoms with Crippen molar-refractivity contribution in [3.8, 4) is 5.75 Å². The highest BCUT2D eigenvalue weighted by Crippen LogP contribution is 2.28. The number of benzene rings is 2. The zero-order valence-electron chi connectivity index (χ0n) is 12.7. The molecule has 1 heterocycles. The topological polar surface area (TPSA) is 64.4 Å². The summed E-state index contributed by atoms with van der Waals surface area (Å²) in [5.74, 6) is 0.107. The Morgan fingerprint density at radius 1 is 1.17 bits per heavy atom. The number of carbonyl (C=O) groups is 1. The predicted octanol–water partition coefficient (Wildman–Crippen LogP) is 2.68. The van der Waals surface area contributed by atoms with Gasteiger partial charge in [-0.25, -0.2) is 4.39 Å². The summed E-state index contributed by atoms with van der Waals surface area (Å²) in [5.41, 5.74) is 6.93. The lowest BCUT2D eigenvalue weighted by Crippen LogP contribution is -2.37. The van der Waals surface area contributed by atoms with E-state index < -0.39 is 0 Å². The van der Waals surface area contributed by atoms with E-state index in [0.717, 1.165) is 18.4 Å². The fourth-order valence-corrected chi connectivity index (χ4v) is 2.80. The van der Waals surface area contributed by atoms with Crippen molar-refractivity contribution in [2.24, 2.45) is 5.73 Å². The van der Waals surface area contributed by atoms with E-state index in [4.69, 9.17) is 10.5 Å². The summed E-state index contributed by atoms with van der Waals surface area (Å²) in [7, 11) is 0. The molecule has 0 radical (unpaired) electrons. The first-order valence-corrected chi connectivity index (χ1v) is 7.65. The molecule has 0 aromatic heterocycles. The lowest BCUT2D eigenvalue weighted by Gasteiger charge is -2.13. The van der Waals surface area contributed by atoms with Gasteiger partial charge in [0.1, 0.15) is 18.2 Å². The fraction of sp³-hybridized carbons (Fsp3) is 0.278. The highest BCUT2D eigenvalue weighted by molar-refractivity contribution is 5.80. The van der Waals surface area contributed by atoms with Gasteiger partial charge in [-0.1, -0.05) is 30.3 Å². The van der Waals surface area contributed by atoms with Crippen molar-refractivity contribution in [1.29, 1.82) is 0 Å². The number of halogens is 1. The van der Waals surface area contributed by atoms with Crippen LogP contribution in [0.5, 0.6) is 5.75 Å². The number of carbonyl (C=O) groups excluding carboxylic acids is 1. The van der Waals surface area contributed by atoms with Crippen molar-refractivity contribution in [3.63, 3.8) is 0 Å². The second-order valence-electron chi connectivity index (χ2n) is 5.70. The monoisotopic (exact) mass is 314 g/mol. The van der Waals surface area contributed by atoms with Crippen molar-refractivity contribution < 1.29 is 13.9 Å². The molecule has 2 aromatic rings. The van der Waals surface area contributed by atoms with Crippen LogP contribution in [0, 0.1) is 5.82 Å². The maximum absolute atomic E-state index is 13.5. The molecule has 2 atom stereocenters. The van der Waals surface area contributed by atoms with Gasteiger partial charge < -0.3 is 10.5 Å². The first-order chi connectivity index (χ1) is 11.1. The fourth-order valence-electron chi connectivity index (χ4n) is 2.80. The minimum atomic E-state index is -0.308. The number of hydrogen-bond acceptors (Lipinski definition) is 3. The van der Waals surface area contributed by atoms with Crippen molar-refractivity contribution in [1.82, 2.24) is 5.32 Å². The van der Waals surface area contributed by atoms with E-state index in [1.54, 1.807) is 18.2 Å². The molecule has 0 saturated carbocycles. The lowest BCUT2D eigenvalue weighted by molar-refractivity contribution is -0.119. The molecule has 2 unspecified atom stereocenters. The quantitative estimate of drug-likeness (QED) is 0.892. The Morgan fingerprint density at radius 3 is 2.57 bits per heavy atom. The van der Waals surface area contributed by atoms with Crippen LogP contribution in [-0.4, -0.2) is 11.9 Å². The average molecular weight is 314 g/mol. The molecule has 5 heteroatoms. The van der Waals surface area contributed by atoms with Crippen LogP contribution in [0.1, 0.15) is 30.0 Å². The van der Waals surface area contributed by atoms with E-state index in [1.807, 2.05) is 24.3 Å². The summed E-state index contributed by atoms with van der Waals surface area (Å²) >= 11 is 0. The van der Waals surface area contributed by atoms with Gasteiger partial charge in [-0.2, -0.15) is 0 Å². The average Bonchev–Trinajstić information content (AvgIpc) is 3.05. The first-order valence-electron chi connectivity index (χ1n) is 7.65. The minimum Gasteiger partial charge on any atom is -0.489 e. The van der Waals surface area contributed by atoms with E-state index >= 15 is 0 Å². The van der Waals surface area contributed by atoms with Crippen molar-refractivity contribution in [2.75, 3.05) is 0 Å². The summed E-state index contributed by atoms with van der Waals surface area (Å²) < 4.78 is 19.2. The van der Waals surface area contributed by atoms with Crippen LogP contribution in [0.3, 0.4) is 0 Å². The summed E-state index contributed by atoms with van der Waals surface area (Å²) in [5, 5.41) is 3.23. The molecule has 1 saturated heterocycles. The number of ether oxygens (including phenoxy) is 1. The van der Waals surface area contributed by atoms with Gasteiger partial charge in [-0.3, -0.25) is 10.1 Å². The molecule has 4 nitrogen and oxygen atoms in total. The van der Waals surface area contributed by atoms with Crippen molar-refractivity contribution >= 4 is 5.91 Å². The SMILES string of the molecule is NC(=O)C1CCC(c2ccc(OCc3ccccc3F)cc2)N1. The van der Waals surface area contributed by atoms with Gasteiger partial charge in [0.25, 0.3) is 0 Å². The Hall–Kier alpha value is -2.40. The molecular formula is C18H19FN2O2. The van der Waals surface area contributed by atoms with E-state index in [1.165, 1.54) is 6.07 Å². The first kappa shape index (κ1) is 15.5. The Labute approximate surface area is 134 Å². The maximum atomic E-state index is 13.5. The highest BCUT2D eigenvalue weighted by Gasteiger charge is 2.28. The molecule has 0 bridgehead atoms. The molecular weight excluding hydrogens is 295 g/mol. The third kappa shape index (κ3) is 3.68. The normalized spacial score (nSPS) is 20.4. The van der Waals surface area contributed by atoms with E-state index in [0.29, 0.717) is 11.3 Å². The van der Waals surface area contributed by atoms with Crippen molar-refractivity contribution in [2.45, 2.75) is 31.5 Å². The Bertz CT molecular complexity index is 688. The zero-order valence-corrected chi connectivity index (χ0v) is 12.7. The van der Waals surface area contributed by atoms with Gasteiger partial charge in [0, 0.05) is 11.6 Å². The predicted molar refractivity (Wildman–Crippen MR) is 85.3 cm³/mol. The van der Waals surface area contributed by atoms with Gasteiger partial charge in [-0.05, 0) is 36.6 Å². The second kappa shape index (κ2) is 6.79. The molecule has 0 spiro atoms. The molecule has 3 N–H and O–H groups in total. The van der Waals surface area contributed by atoms with Crippen LogP contribution < -0.4 is 15.8 Å². The van der Waals surface area contributed by atoms with Crippen LogP contribution >= 0.6 is 0 Å². The number of primary amides is 1. The molecule has 120 valence electrons. The number of hydrogen-bond donors (Lipinski definition) is 2. The molecule has 1 fully saturated rings. The molecule has 2 aromatic carbocycles. The largest absolute Gasteiger partial charge is 0.489 e. The molecule has 1 aliphatic heterocycles.